The van der Waals surface area contributed by atoms with Gasteiger partial charge in [0.2, 0.25) is 11.8 Å². The zero-order valence-corrected chi connectivity index (χ0v) is 16.1. The minimum absolute atomic E-state index is 0.220. The Kier molecular flexibility index (Phi) is 7.25. The molecule has 2 amide bonds. The Labute approximate surface area is 163 Å². The van der Waals surface area contributed by atoms with Crippen LogP contribution in [0.5, 0.6) is 0 Å². The smallest absolute Gasteiger partial charge is 0.244 e. The van der Waals surface area contributed by atoms with E-state index in [0.717, 1.165) is 11.1 Å². The van der Waals surface area contributed by atoms with Gasteiger partial charge in [0.15, 0.2) is 0 Å². The average molecular weight is 391 g/mol. The van der Waals surface area contributed by atoms with Crippen molar-refractivity contribution in [3.8, 4) is 0 Å². The van der Waals surface area contributed by atoms with Gasteiger partial charge < -0.3 is 10.2 Å². The first-order valence-corrected chi connectivity index (χ1v) is 8.85. The number of carbonyl (C=O) groups excluding carboxylic acids is 2. The highest BCUT2D eigenvalue weighted by atomic mass is 35.5. The molecule has 6 heteroatoms. The lowest BCUT2D eigenvalue weighted by Crippen LogP contribution is -2.44. The summed E-state index contributed by atoms with van der Waals surface area (Å²) in [6, 6.07) is 14.1. The molecular formula is C20H20Cl2N2O2. The van der Waals surface area contributed by atoms with Gasteiger partial charge in [0.25, 0.3) is 0 Å². The summed E-state index contributed by atoms with van der Waals surface area (Å²) in [4.78, 5) is 26.0. The first kappa shape index (κ1) is 20.0. The van der Waals surface area contributed by atoms with Crippen molar-refractivity contribution in [3.63, 3.8) is 0 Å². The lowest BCUT2D eigenvalue weighted by molar-refractivity contribution is -0.134. The van der Waals surface area contributed by atoms with E-state index in [-0.39, 0.29) is 11.8 Å². The van der Waals surface area contributed by atoms with Gasteiger partial charge in [-0.2, -0.15) is 0 Å². The SMILES string of the molecule is CC(NC(=O)C=Cc1ccccc1)C(=O)N(C)Cc1cccc(Cl)c1Cl. The summed E-state index contributed by atoms with van der Waals surface area (Å²) in [5.74, 6) is -0.550. The van der Waals surface area contributed by atoms with E-state index in [1.807, 2.05) is 36.4 Å². The Bertz CT molecular complexity index is 807. The minimum Gasteiger partial charge on any atom is -0.341 e. The van der Waals surface area contributed by atoms with Gasteiger partial charge in [-0.25, -0.2) is 0 Å². The van der Waals surface area contributed by atoms with Crippen LogP contribution in [0.1, 0.15) is 18.1 Å². The van der Waals surface area contributed by atoms with Crippen LogP contribution in [0.3, 0.4) is 0 Å². The van der Waals surface area contributed by atoms with E-state index >= 15 is 0 Å². The van der Waals surface area contributed by atoms with Crippen molar-refractivity contribution in [2.24, 2.45) is 0 Å². The predicted octanol–water partition coefficient (Wildman–Crippen LogP) is 4.17. The molecular weight excluding hydrogens is 371 g/mol. The number of hydrogen-bond donors (Lipinski definition) is 1. The van der Waals surface area contributed by atoms with Crippen molar-refractivity contribution in [1.82, 2.24) is 10.2 Å². The van der Waals surface area contributed by atoms with Gasteiger partial charge in [-0.1, -0.05) is 65.7 Å². The number of nitrogens with zero attached hydrogens (tertiary/aromatic N) is 1. The standard InChI is InChI=1S/C20H20Cl2N2O2/c1-14(23-18(25)12-11-15-7-4-3-5-8-15)20(26)24(2)13-16-9-6-10-17(21)19(16)22/h3-12,14H,13H2,1-2H3,(H,23,25). The summed E-state index contributed by atoms with van der Waals surface area (Å²) in [6.45, 7) is 1.95. The highest BCUT2D eigenvalue weighted by molar-refractivity contribution is 6.42. The zero-order chi connectivity index (χ0) is 19.1. The molecule has 26 heavy (non-hydrogen) atoms. The van der Waals surface area contributed by atoms with Gasteiger partial charge >= 0.3 is 0 Å². The third-order valence-electron chi connectivity index (χ3n) is 3.77. The van der Waals surface area contributed by atoms with Crippen molar-refractivity contribution in [2.45, 2.75) is 19.5 Å². The summed E-state index contributed by atoms with van der Waals surface area (Å²) >= 11 is 12.2. The molecule has 0 saturated carbocycles. The Morgan fingerprint density at radius 1 is 1.12 bits per heavy atom. The van der Waals surface area contributed by atoms with E-state index in [4.69, 9.17) is 23.2 Å². The van der Waals surface area contributed by atoms with Gasteiger partial charge in [0.1, 0.15) is 6.04 Å². The third kappa shape index (κ3) is 5.61. The summed E-state index contributed by atoms with van der Waals surface area (Å²) in [5, 5.41) is 3.54. The van der Waals surface area contributed by atoms with Gasteiger partial charge in [0, 0.05) is 19.7 Å². The van der Waals surface area contributed by atoms with Crippen molar-refractivity contribution < 1.29 is 9.59 Å². The molecule has 1 N–H and O–H groups in total. The van der Waals surface area contributed by atoms with E-state index < -0.39 is 6.04 Å². The van der Waals surface area contributed by atoms with E-state index in [2.05, 4.69) is 5.32 Å². The van der Waals surface area contributed by atoms with Gasteiger partial charge in [0.05, 0.1) is 10.0 Å². The number of rotatable bonds is 6. The van der Waals surface area contributed by atoms with Crippen molar-refractivity contribution >= 4 is 41.1 Å². The normalized spacial score (nSPS) is 12.0. The van der Waals surface area contributed by atoms with E-state index in [1.54, 1.807) is 32.2 Å². The summed E-state index contributed by atoms with van der Waals surface area (Å²) in [5.41, 5.74) is 1.66. The number of carbonyl (C=O) groups is 2. The first-order chi connectivity index (χ1) is 12.4. The molecule has 1 unspecified atom stereocenters. The number of amides is 2. The topological polar surface area (TPSA) is 49.4 Å². The Morgan fingerprint density at radius 3 is 2.50 bits per heavy atom. The third-order valence-corrected chi connectivity index (χ3v) is 4.63. The average Bonchev–Trinajstić information content (AvgIpc) is 2.64. The van der Waals surface area contributed by atoms with Crippen molar-refractivity contribution in [3.05, 3.63) is 75.8 Å². The lowest BCUT2D eigenvalue weighted by atomic mass is 10.2. The molecule has 0 aliphatic carbocycles. The Morgan fingerprint density at radius 2 is 1.81 bits per heavy atom. The van der Waals surface area contributed by atoms with Gasteiger partial charge in [-0.05, 0) is 30.2 Å². The maximum Gasteiger partial charge on any atom is 0.244 e. The molecule has 0 aromatic heterocycles. The number of hydrogen-bond acceptors (Lipinski definition) is 2. The maximum absolute atomic E-state index is 12.5. The number of benzene rings is 2. The molecule has 0 spiro atoms. The van der Waals surface area contributed by atoms with Crippen molar-refractivity contribution in [2.75, 3.05) is 7.05 Å². The molecule has 2 rings (SSSR count). The van der Waals surface area contributed by atoms with Crippen LogP contribution < -0.4 is 5.32 Å². The molecule has 136 valence electrons. The van der Waals surface area contributed by atoms with Crippen molar-refractivity contribution in [1.29, 1.82) is 0 Å². The second-order valence-corrected chi connectivity index (χ2v) is 6.67. The highest BCUT2D eigenvalue weighted by Gasteiger charge is 2.19. The molecule has 2 aromatic carbocycles. The second kappa shape index (κ2) is 9.41. The molecule has 2 aromatic rings. The fourth-order valence-electron chi connectivity index (χ4n) is 2.39. The molecule has 0 heterocycles. The van der Waals surface area contributed by atoms with Crippen LogP contribution in [0.25, 0.3) is 6.08 Å². The number of nitrogens with one attached hydrogen (secondary N) is 1. The quantitative estimate of drug-likeness (QED) is 0.752. The summed E-state index contributed by atoms with van der Waals surface area (Å²) < 4.78 is 0. The van der Waals surface area contributed by atoms with Gasteiger partial charge in [-0.3, -0.25) is 9.59 Å². The molecule has 0 aliphatic rings. The summed E-state index contributed by atoms with van der Waals surface area (Å²) in [7, 11) is 1.65. The molecule has 0 radical (unpaired) electrons. The molecule has 0 bridgehead atoms. The molecule has 0 fully saturated rings. The fraction of sp³-hybridized carbons (Fsp3) is 0.200. The van der Waals surface area contributed by atoms with Gasteiger partial charge in [-0.15, -0.1) is 0 Å². The van der Waals surface area contributed by atoms with Crippen LogP contribution in [-0.4, -0.2) is 29.8 Å². The zero-order valence-electron chi connectivity index (χ0n) is 14.6. The minimum atomic E-state index is -0.661. The predicted molar refractivity (Wildman–Crippen MR) is 106 cm³/mol. The van der Waals surface area contributed by atoms with Crippen LogP contribution in [0, 0.1) is 0 Å². The molecule has 1 atom stereocenters. The van der Waals surface area contributed by atoms with Crippen LogP contribution in [0.2, 0.25) is 10.0 Å². The molecule has 4 nitrogen and oxygen atoms in total. The van der Waals surface area contributed by atoms with Crippen LogP contribution in [0.15, 0.2) is 54.6 Å². The highest BCUT2D eigenvalue weighted by Crippen LogP contribution is 2.26. The van der Waals surface area contributed by atoms with E-state index in [1.165, 1.54) is 11.0 Å². The number of halogens is 2. The molecule has 0 saturated heterocycles. The monoisotopic (exact) mass is 390 g/mol. The van der Waals surface area contributed by atoms with Crippen LogP contribution in [0.4, 0.5) is 0 Å². The Hall–Kier alpha value is -2.30. The lowest BCUT2D eigenvalue weighted by Gasteiger charge is -2.22. The Balaban J connectivity index is 1.92. The fourth-order valence-corrected chi connectivity index (χ4v) is 2.77. The second-order valence-electron chi connectivity index (χ2n) is 5.88. The largest absolute Gasteiger partial charge is 0.341 e. The molecule has 0 aliphatic heterocycles. The number of likely N-dealkylation sites (N-methyl/N-ethyl adjacent to an activating group) is 1. The van der Waals surface area contributed by atoms with Crippen LogP contribution >= 0.6 is 23.2 Å². The van der Waals surface area contributed by atoms with E-state index in [9.17, 15) is 9.59 Å². The maximum atomic E-state index is 12.5. The van der Waals surface area contributed by atoms with Crippen LogP contribution in [-0.2, 0) is 16.1 Å². The van der Waals surface area contributed by atoms with E-state index in [0.29, 0.717) is 16.6 Å². The first-order valence-electron chi connectivity index (χ1n) is 8.10. The summed E-state index contributed by atoms with van der Waals surface area (Å²) in [6.07, 6.45) is 3.11.